The highest BCUT2D eigenvalue weighted by Gasteiger charge is 2.22. The van der Waals surface area contributed by atoms with E-state index in [1.54, 1.807) is 11.3 Å². The number of fused-ring (bicyclic) bond motifs is 1. The van der Waals surface area contributed by atoms with Crippen LogP contribution < -0.4 is 5.32 Å². The average molecular weight is 307 g/mol. The summed E-state index contributed by atoms with van der Waals surface area (Å²) in [7, 11) is 0. The lowest BCUT2D eigenvalue weighted by atomic mass is 9.87. The number of hydrogen-bond acceptors (Lipinski definition) is 5. The van der Waals surface area contributed by atoms with Crippen LogP contribution >= 0.6 is 11.3 Å². The number of carbonyl (C=O) groups is 1. The number of hydrogen-bond donors (Lipinski definition) is 2. The Morgan fingerprint density at radius 3 is 2.76 bits per heavy atom. The fourth-order valence-corrected chi connectivity index (χ4v) is 3.34. The summed E-state index contributed by atoms with van der Waals surface area (Å²) in [5, 5.41) is 14.4. The average Bonchev–Trinajstić information content (AvgIpc) is 2.69. The van der Waals surface area contributed by atoms with Crippen molar-refractivity contribution in [2.45, 2.75) is 46.6 Å². The monoisotopic (exact) mass is 307 g/mol. The van der Waals surface area contributed by atoms with Crippen LogP contribution in [0.5, 0.6) is 0 Å². The first kappa shape index (κ1) is 15.7. The van der Waals surface area contributed by atoms with Crippen LogP contribution in [-0.4, -0.2) is 27.1 Å². The van der Waals surface area contributed by atoms with Gasteiger partial charge in [0.15, 0.2) is 0 Å². The van der Waals surface area contributed by atoms with E-state index < -0.39 is 5.97 Å². The predicted octanol–water partition coefficient (Wildman–Crippen LogP) is 3.69. The second-order valence-electron chi connectivity index (χ2n) is 6.52. The van der Waals surface area contributed by atoms with E-state index in [-0.39, 0.29) is 17.9 Å². The van der Waals surface area contributed by atoms with Gasteiger partial charge in [-0.25, -0.2) is 9.97 Å². The molecule has 0 aliphatic carbocycles. The quantitative estimate of drug-likeness (QED) is 0.881. The highest BCUT2D eigenvalue weighted by molar-refractivity contribution is 7.18. The third-order valence-electron chi connectivity index (χ3n) is 3.15. The molecule has 1 unspecified atom stereocenters. The topological polar surface area (TPSA) is 75.1 Å². The zero-order valence-electron chi connectivity index (χ0n) is 12.8. The third-order valence-corrected chi connectivity index (χ3v) is 4.25. The molecule has 2 aromatic heterocycles. The van der Waals surface area contributed by atoms with E-state index in [1.165, 1.54) is 6.33 Å². The highest BCUT2D eigenvalue weighted by Crippen LogP contribution is 2.31. The van der Waals surface area contributed by atoms with Crippen LogP contribution in [0.1, 0.15) is 39.2 Å². The first-order chi connectivity index (χ1) is 9.76. The van der Waals surface area contributed by atoms with Gasteiger partial charge < -0.3 is 10.4 Å². The van der Waals surface area contributed by atoms with Gasteiger partial charge in [-0.3, -0.25) is 4.79 Å². The number of rotatable bonds is 5. The van der Waals surface area contributed by atoms with Crippen LogP contribution in [0.2, 0.25) is 0 Å². The van der Waals surface area contributed by atoms with E-state index >= 15 is 0 Å². The van der Waals surface area contributed by atoms with E-state index in [1.807, 2.05) is 12.3 Å². The fourth-order valence-electron chi connectivity index (χ4n) is 2.39. The molecule has 0 aliphatic heterocycles. The van der Waals surface area contributed by atoms with Crippen molar-refractivity contribution >= 4 is 33.3 Å². The molecule has 5 nitrogen and oxygen atoms in total. The molecule has 0 saturated carbocycles. The molecule has 0 amide bonds. The number of carboxylic acids is 1. The van der Waals surface area contributed by atoms with Crippen LogP contribution in [0.3, 0.4) is 0 Å². The summed E-state index contributed by atoms with van der Waals surface area (Å²) in [4.78, 5) is 19.7. The normalized spacial score (nSPS) is 13.3. The molecule has 114 valence electrons. The molecule has 2 aromatic rings. The standard InChI is InChI=1S/C15H21N3O2S/c1-9-7-21-13-12(9)16-8-17-14(13)18-10(5-11(19)20)6-15(2,3)4/h7-8,10H,5-6H2,1-4H3,(H,19,20)(H,16,17,18). The van der Waals surface area contributed by atoms with Crippen molar-refractivity contribution in [2.24, 2.45) is 5.41 Å². The van der Waals surface area contributed by atoms with Gasteiger partial charge in [0.1, 0.15) is 12.1 Å². The zero-order valence-corrected chi connectivity index (χ0v) is 13.6. The maximum Gasteiger partial charge on any atom is 0.305 e. The smallest absolute Gasteiger partial charge is 0.305 e. The summed E-state index contributed by atoms with van der Waals surface area (Å²) in [5.74, 6) is -0.0713. The van der Waals surface area contributed by atoms with E-state index in [9.17, 15) is 4.79 Å². The number of anilines is 1. The molecule has 0 spiro atoms. The van der Waals surface area contributed by atoms with Gasteiger partial charge >= 0.3 is 5.97 Å². The Labute approximate surface area is 128 Å². The number of aryl methyl sites for hydroxylation is 1. The lowest BCUT2D eigenvalue weighted by molar-refractivity contribution is -0.137. The minimum absolute atomic E-state index is 0.0463. The Morgan fingerprint density at radius 2 is 2.14 bits per heavy atom. The summed E-state index contributed by atoms with van der Waals surface area (Å²) >= 11 is 1.58. The molecule has 0 bridgehead atoms. The van der Waals surface area contributed by atoms with E-state index in [0.717, 1.165) is 28.0 Å². The van der Waals surface area contributed by atoms with Crippen molar-refractivity contribution < 1.29 is 9.90 Å². The summed E-state index contributed by atoms with van der Waals surface area (Å²) in [6, 6.07) is -0.150. The summed E-state index contributed by atoms with van der Waals surface area (Å²) < 4.78 is 0.985. The lowest BCUT2D eigenvalue weighted by Crippen LogP contribution is -2.28. The third kappa shape index (κ3) is 4.14. The molecule has 2 rings (SSSR count). The molecule has 0 radical (unpaired) electrons. The van der Waals surface area contributed by atoms with Gasteiger partial charge in [-0.1, -0.05) is 20.8 Å². The van der Waals surface area contributed by atoms with E-state index in [0.29, 0.717) is 0 Å². The van der Waals surface area contributed by atoms with Crippen molar-refractivity contribution in [2.75, 3.05) is 5.32 Å². The predicted molar refractivity (Wildman–Crippen MR) is 85.9 cm³/mol. The molecule has 1 atom stereocenters. The molecule has 0 aliphatic rings. The molecule has 6 heteroatoms. The number of thiophene rings is 1. The van der Waals surface area contributed by atoms with Gasteiger partial charge in [0.05, 0.1) is 16.6 Å². The Balaban J connectivity index is 2.27. The van der Waals surface area contributed by atoms with Crippen LogP contribution in [0.4, 0.5) is 5.82 Å². The molecular formula is C15H21N3O2S. The van der Waals surface area contributed by atoms with Gasteiger partial charge in [-0.05, 0) is 29.7 Å². The van der Waals surface area contributed by atoms with E-state index in [4.69, 9.17) is 5.11 Å². The number of aromatic nitrogens is 2. The molecule has 2 heterocycles. The molecule has 2 N–H and O–H groups in total. The van der Waals surface area contributed by atoms with Gasteiger partial charge in [-0.15, -0.1) is 11.3 Å². The van der Waals surface area contributed by atoms with Crippen LogP contribution in [0.25, 0.3) is 10.2 Å². The lowest BCUT2D eigenvalue weighted by Gasteiger charge is -2.26. The largest absolute Gasteiger partial charge is 0.481 e. The molecular weight excluding hydrogens is 286 g/mol. The number of aliphatic carboxylic acids is 1. The zero-order chi connectivity index (χ0) is 15.6. The number of nitrogens with one attached hydrogen (secondary N) is 1. The van der Waals surface area contributed by atoms with Crippen molar-refractivity contribution in [3.63, 3.8) is 0 Å². The maximum absolute atomic E-state index is 11.1. The summed E-state index contributed by atoms with van der Waals surface area (Å²) in [5.41, 5.74) is 2.10. The first-order valence-electron chi connectivity index (χ1n) is 6.93. The molecule has 0 saturated heterocycles. The minimum Gasteiger partial charge on any atom is -0.481 e. The molecule has 21 heavy (non-hydrogen) atoms. The number of carboxylic acid groups (broad SMARTS) is 1. The SMILES string of the molecule is Cc1csc2c(NC(CC(=O)O)CC(C)(C)C)ncnc12. The van der Waals surface area contributed by atoms with Gasteiger partial charge in [0.2, 0.25) is 0 Å². The molecule has 0 aromatic carbocycles. The Bertz CT molecular complexity index is 646. The van der Waals surface area contributed by atoms with Crippen LogP contribution in [0.15, 0.2) is 11.7 Å². The summed E-state index contributed by atoms with van der Waals surface area (Å²) in [6.07, 6.45) is 2.36. The van der Waals surface area contributed by atoms with Gasteiger partial charge in [0, 0.05) is 6.04 Å². The highest BCUT2D eigenvalue weighted by atomic mass is 32.1. The first-order valence-corrected chi connectivity index (χ1v) is 7.81. The Morgan fingerprint density at radius 1 is 1.43 bits per heavy atom. The van der Waals surface area contributed by atoms with Gasteiger partial charge in [-0.2, -0.15) is 0 Å². The van der Waals surface area contributed by atoms with Crippen molar-refractivity contribution in [1.29, 1.82) is 0 Å². The van der Waals surface area contributed by atoms with E-state index in [2.05, 4.69) is 36.1 Å². The van der Waals surface area contributed by atoms with Crippen LogP contribution in [0, 0.1) is 12.3 Å². The summed E-state index contributed by atoms with van der Waals surface area (Å²) in [6.45, 7) is 8.33. The van der Waals surface area contributed by atoms with Crippen molar-refractivity contribution in [3.8, 4) is 0 Å². The fraction of sp³-hybridized carbons (Fsp3) is 0.533. The second kappa shape index (κ2) is 5.97. The second-order valence-corrected chi connectivity index (χ2v) is 7.40. The van der Waals surface area contributed by atoms with Crippen LogP contribution in [-0.2, 0) is 4.79 Å². The minimum atomic E-state index is -0.801. The Kier molecular flexibility index (Phi) is 4.46. The number of nitrogens with zero attached hydrogens (tertiary/aromatic N) is 2. The van der Waals surface area contributed by atoms with Crippen molar-refractivity contribution in [1.82, 2.24) is 9.97 Å². The van der Waals surface area contributed by atoms with Crippen molar-refractivity contribution in [3.05, 3.63) is 17.3 Å². The molecule has 0 fully saturated rings. The Hall–Kier alpha value is -1.69. The van der Waals surface area contributed by atoms with Gasteiger partial charge in [0.25, 0.3) is 0 Å². The maximum atomic E-state index is 11.1.